The van der Waals surface area contributed by atoms with Crippen LogP contribution in [-0.2, 0) is 6.42 Å². The Morgan fingerprint density at radius 2 is 1.83 bits per heavy atom. The fourth-order valence-electron chi connectivity index (χ4n) is 2.29. The molecule has 5 nitrogen and oxygen atoms in total. The van der Waals surface area contributed by atoms with Gasteiger partial charge in [0.2, 0.25) is 5.91 Å². The van der Waals surface area contributed by atoms with Gasteiger partial charge in [-0.15, -0.1) is 0 Å². The van der Waals surface area contributed by atoms with E-state index in [2.05, 4.69) is 5.32 Å². The summed E-state index contributed by atoms with van der Waals surface area (Å²) in [5.41, 5.74) is 6.90. The number of aryl methyl sites for hydroxylation is 1. The third-order valence-corrected chi connectivity index (χ3v) is 3.62. The average Bonchev–Trinajstić information content (AvgIpc) is 2.61. The zero-order valence-electron chi connectivity index (χ0n) is 13.7. The monoisotopic (exact) mass is 328 g/mol. The summed E-state index contributed by atoms with van der Waals surface area (Å²) >= 11 is 0. The lowest BCUT2D eigenvalue weighted by Crippen LogP contribution is -2.32. The summed E-state index contributed by atoms with van der Waals surface area (Å²) in [7, 11) is 0. The van der Waals surface area contributed by atoms with Crippen molar-refractivity contribution in [3.8, 4) is 5.75 Å². The summed E-state index contributed by atoms with van der Waals surface area (Å²) in [5, 5.41) is 13.1. The van der Waals surface area contributed by atoms with Crippen molar-refractivity contribution in [2.45, 2.75) is 18.9 Å². The highest BCUT2D eigenvalue weighted by atomic mass is 16.5. The predicted molar refractivity (Wildman–Crippen MR) is 94.1 cm³/mol. The number of amides is 1. The quantitative estimate of drug-likeness (QED) is 0.580. The molecule has 1 atom stereocenters. The summed E-state index contributed by atoms with van der Waals surface area (Å²) < 4.78 is 5.50. The van der Waals surface area contributed by atoms with Crippen molar-refractivity contribution in [3.05, 3.63) is 65.7 Å². The molecule has 0 radical (unpaired) electrons. The molecule has 2 aromatic carbocycles. The molecule has 5 heteroatoms. The number of benzene rings is 2. The summed E-state index contributed by atoms with van der Waals surface area (Å²) in [5.74, 6) is 0.353. The maximum atomic E-state index is 11.0. The minimum absolute atomic E-state index is 0.269. The van der Waals surface area contributed by atoms with Gasteiger partial charge < -0.3 is 20.9 Å². The second kappa shape index (κ2) is 9.70. The first-order chi connectivity index (χ1) is 11.6. The molecule has 0 aromatic heterocycles. The molecule has 2 rings (SSSR count). The summed E-state index contributed by atoms with van der Waals surface area (Å²) in [6.07, 6.45) is 1.31. The molecule has 0 saturated heterocycles. The van der Waals surface area contributed by atoms with E-state index in [9.17, 15) is 9.90 Å². The van der Waals surface area contributed by atoms with Crippen LogP contribution in [-0.4, -0.2) is 36.8 Å². The van der Waals surface area contributed by atoms with Crippen molar-refractivity contribution >= 4 is 5.91 Å². The molecule has 128 valence electrons. The zero-order chi connectivity index (χ0) is 17.2. The normalized spacial score (nSPS) is 11.9. The Hall–Kier alpha value is -2.37. The number of nitrogens with one attached hydrogen (secondary N) is 1. The lowest BCUT2D eigenvalue weighted by molar-refractivity contribution is 0.1000. The first kappa shape index (κ1) is 18.0. The number of para-hydroxylation sites is 1. The van der Waals surface area contributed by atoms with Crippen LogP contribution in [0.25, 0.3) is 0 Å². The molecule has 0 aliphatic rings. The standard InChI is InChI=1S/C19H24N2O3/c20-19(23)16-10-8-15(9-11-16)5-4-12-21-13-17(22)14-24-18-6-2-1-3-7-18/h1-3,6-11,17,21-22H,4-5,12-14H2,(H2,20,23). The van der Waals surface area contributed by atoms with Crippen LogP contribution in [0.5, 0.6) is 5.75 Å². The average molecular weight is 328 g/mol. The van der Waals surface area contributed by atoms with Gasteiger partial charge in [-0.2, -0.15) is 0 Å². The Balaban J connectivity index is 1.56. The molecule has 0 saturated carbocycles. The molecule has 0 fully saturated rings. The third kappa shape index (κ3) is 6.40. The summed E-state index contributed by atoms with van der Waals surface area (Å²) in [6.45, 7) is 1.57. The number of nitrogens with two attached hydrogens (primary N) is 1. The van der Waals surface area contributed by atoms with Gasteiger partial charge in [0.05, 0.1) is 0 Å². The number of aliphatic hydroxyl groups is 1. The minimum Gasteiger partial charge on any atom is -0.491 e. The molecule has 4 N–H and O–H groups in total. The van der Waals surface area contributed by atoms with Crippen LogP contribution in [0.1, 0.15) is 22.3 Å². The van der Waals surface area contributed by atoms with Crippen LogP contribution in [0.3, 0.4) is 0 Å². The van der Waals surface area contributed by atoms with E-state index in [1.54, 1.807) is 12.1 Å². The first-order valence-electron chi connectivity index (χ1n) is 8.10. The van der Waals surface area contributed by atoms with E-state index in [1.165, 1.54) is 0 Å². The van der Waals surface area contributed by atoms with Gasteiger partial charge in [-0.05, 0) is 49.2 Å². The zero-order valence-corrected chi connectivity index (χ0v) is 13.7. The minimum atomic E-state index is -0.542. The SMILES string of the molecule is NC(=O)c1ccc(CCCNCC(O)COc2ccccc2)cc1. The second-order valence-electron chi connectivity index (χ2n) is 5.65. The Kier molecular flexibility index (Phi) is 7.26. The van der Waals surface area contributed by atoms with E-state index >= 15 is 0 Å². The van der Waals surface area contributed by atoms with Crippen molar-refractivity contribution in [1.82, 2.24) is 5.32 Å². The van der Waals surface area contributed by atoms with E-state index in [-0.39, 0.29) is 6.61 Å². The van der Waals surface area contributed by atoms with Gasteiger partial charge in [0, 0.05) is 12.1 Å². The van der Waals surface area contributed by atoms with E-state index in [4.69, 9.17) is 10.5 Å². The Morgan fingerprint density at radius 1 is 1.12 bits per heavy atom. The van der Waals surface area contributed by atoms with E-state index < -0.39 is 12.0 Å². The van der Waals surface area contributed by atoms with Gasteiger partial charge in [0.1, 0.15) is 18.5 Å². The number of carbonyl (C=O) groups excluding carboxylic acids is 1. The number of primary amides is 1. The van der Waals surface area contributed by atoms with Crippen LogP contribution in [0.2, 0.25) is 0 Å². The predicted octanol–water partition coefficient (Wildman–Crippen LogP) is 1.75. The van der Waals surface area contributed by atoms with Crippen LogP contribution in [0.4, 0.5) is 0 Å². The Labute approximate surface area is 142 Å². The molecule has 0 aliphatic heterocycles. The molecule has 1 unspecified atom stereocenters. The largest absolute Gasteiger partial charge is 0.491 e. The van der Waals surface area contributed by atoms with Crippen molar-refractivity contribution in [2.24, 2.45) is 5.73 Å². The smallest absolute Gasteiger partial charge is 0.248 e. The molecule has 0 bridgehead atoms. The van der Waals surface area contributed by atoms with E-state index in [1.807, 2.05) is 42.5 Å². The molecule has 2 aromatic rings. The van der Waals surface area contributed by atoms with Gasteiger partial charge in [-0.1, -0.05) is 30.3 Å². The van der Waals surface area contributed by atoms with Gasteiger partial charge >= 0.3 is 0 Å². The summed E-state index contributed by atoms with van der Waals surface area (Å²) in [4.78, 5) is 11.0. The fraction of sp³-hybridized carbons (Fsp3) is 0.316. The van der Waals surface area contributed by atoms with E-state index in [0.717, 1.165) is 30.7 Å². The van der Waals surface area contributed by atoms with Crippen LogP contribution >= 0.6 is 0 Å². The molecule has 0 heterocycles. The lowest BCUT2D eigenvalue weighted by atomic mass is 10.1. The number of hydrogen-bond donors (Lipinski definition) is 3. The molecule has 1 amide bonds. The number of carbonyl (C=O) groups is 1. The van der Waals surface area contributed by atoms with Crippen LogP contribution in [0, 0.1) is 0 Å². The van der Waals surface area contributed by atoms with Crippen molar-refractivity contribution in [2.75, 3.05) is 19.7 Å². The highest BCUT2D eigenvalue weighted by Crippen LogP contribution is 2.08. The number of ether oxygens (including phenoxy) is 1. The molecule has 24 heavy (non-hydrogen) atoms. The van der Waals surface area contributed by atoms with E-state index in [0.29, 0.717) is 12.1 Å². The first-order valence-corrected chi connectivity index (χ1v) is 8.10. The molecular weight excluding hydrogens is 304 g/mol. The highest BCUT2D eigenvalue weighted by Gasteiger charge is 2.05. The maximum Gasteiger partial charge on any atom is 0.248 e. The Morgan fingerprint density at radius 3 is 2.50 bits per heavy atom. The van der Waals surface area contributed by atoms with Crippen molar-refractivity contribution < 1.29 is 14.6 Å². The number of aliphatic hydroxyl groups excluding tert-OH is 1. The lowest BCUT2D eigenvalue weighted by Gasteiger charge is -2.13. The van der Waals surface area contributed by atoms with Gasteiger partial charge in [0.15, 0.2) is 0 Å². The Bertz CT molecular complexity index is 614. The van der Waals surface area contributed by atoms with Crippen molar-refractivity contribution in [3.63, 3.8) is 0 Å². The summed E-state index contributed by atoms with van der Waals surface area (Å²) in [6, 6.07) is 16.8. The number of rotatable bonds is 10. The van der Waals surface area contributed by atoms with Gasteiger partial charge in [0.25, 0.3) is 0 Å². The van der Waals surface area contributed by atoms with Gasteiger partial charge in [-0.25, -0.2) is 0 Å². The van der Waals surface area contributed by atoms with Gasteiger partial charge in [-0.3, -0.25) is 4.79 Å². The second-order valence-corrected chi connectivity index (χ2v) is 5.65. The molecule has 0 spiro atoms. The highest BCUT2D eigenvalue weighted by molar-refractivity contribution is 5.92. The fourth-order valence-corrected chi connectivity index (χ4v) is 2.29. The van der Waals surface area contributed by atoms with Crippen LogP contribution in [0.15, 0.2) is 54.6 Å². The molecular formula is C19H24N2O3. The number of hydrogen-bond acceptors (Lipinski definition) is 4. The topological polar surface area (TPSA) is 84.6 Å². The maximum absolute atomic E-state index is 11.0. The van der Waals surface area contributed by atoms with Crippen LogP contribution < -0.4 is 15.8 Å². The third-order valence-electron chi connectivity index (χ3n) is 3.62. The van der Waals surface area contributed by atoms with Crippen molar-refractivity contribution in [1.29, 1.82) is 0 Å². The molecule has 0 aliphatic carbocycles.